The first-order valence-electron chi connectivity index (χ1n) is 12.1. The Hall–Kier alpha value is -4.87. The van der Waals surface area contributed by atoms with Crippen LogP contribution in [-0.4, -0.2) is 41.2 Å². The number of nitriles is 1. The molecule has 8 nitrogen and oxygen atoms in total. The van der Waals surface area contributed by atoms with Gasteiger partial charge in [-0.05, 0) is 41.3 Å². The normalized spacial score (nSPS) is 10.8. The van der Waals surface area contributed by atoms with Crippen molar-refractivity contribution in [2.24, 2.45) is 5.10 Å². The second-order valence-corrected chi connectivity index (χ2v) is 8.97. The summed E-state index contributed by atoms with van der Waals surface area (Å²) in [7, 11) is 0. The van der Waals surface area contributed by atoms with Crippen LogP contribution < -0.4 is 10.2 Å². The molecule has 0 aromatic heterocycles. The third-order valence-electron chi connectivity index (χ3n) is 5.91. The van der Waals surface area contributed by atoms with Gasteiger partial charge >= 0.3 is 0 Å². The third kappa shape index (κ3) is 7.12. The molecular formula is C30H25ClN4O4. The lowest BCUT2D eigenvalue weighted by Crippen LogP contribution is -2.35. The van der Waals surface area contributed by atoms with Crippen LogP contribution >= 0.6 is 11.6 Å². The van der Waals surface area contributed by atoms with E-state index in [9.17, 15) is 14.7 Å². The van der Waals surface area contributed by atoms with Crippen LogP contribution in [0.25, 0.3) is 10.8 Å². The Balaban J connectivity index is 1.45. The number of amides is 2. The van der Waals surface area contributed by atoms with Crippen LogP contribution in [0.5, 0.6) is 11.5 Å². The molecule has 2 N–H and O–H groups in total. The van der Waals surface area contributed by atoms with Crippen LogP contribution in [0.15, 0.2) is 90.0 Å². The van der Waals surface area contributed by atoms with Gasteiger partial charge < -0.3 is 14.7 Å². The number of aromatic hydroxyl groups is 1. The minimum absolute atomic E-state index is 0.0694. The molecule has 39 heavy (non-hydrogen) atoms. The van der Waals surface area contributed by atoms with E-state index in [2.05, 4.69) is 16.6 Å². The molecule has 4 aromatic rings. The summed E-state index contributed by atoms with van der Waals surface area (Å²) in [4.78, 5) is 27.0. The summed E-state index contributed by atoms with van der Waals surface area (Å²) in [6.45, 7) is 0.523. The summed E-state index contributed by atoms with van der Waals surface area (Å²) < 4.78 is 5.93. The Kier molecular flexibility index (Phi) is 9.11. The number of hydrazone groups is 1. The van der Waals surface area contributed by atoms with E-state index < -0.39 is 5.91 Å². The number of rotatable bonds is 10. The molecule has 0 spiro atoms. The number of carbonyl (C=O) groups excluding carboxylic acids is 2. The minimum atomic E-state index is -0.479. The Morgan fingerprint density at radius 3 is 2.51 bits per heavy atom. The lowest BCUT2D eigenvalue weighted by Gasteiger charge is -2.22. The largest absolute Gasteiger partial charge is 0.506 e. The van der Waals surface area contributed by atoms with E-state index >= 15 is 0 Å². The number of nitrogens with zero attached hydrogens (tertiary/aromatic N) is 3. The van der Waals surface area contributed by atoms with E-state index in [1.807, 2.05) is 54.6 Å². The second-order valence-electron chi connectivity index (χ2n) is 8.56. The summed E-state index contributed by atoms with van der Waals surface area (Å²) in [6, 6.07) is 26.8. The number of nitrogens with one attached hydrogen (secondary N) is 1. The summed E-state index contributed by atoms with van der Waals surface area (Å²) in [5.74, 6) is -0.287. The molecule has 0 unspecified atom stereocenters. The van der Waals surface area contributed by atoms with Gasteiger partial charge in [0.05, 0.1) is 23.7 Å². The van der Waals surface area contributed by atoms with Gasteiger partial charge in [0, 0.05) is 29.6 Å². The fourth-order valence-corrected chi connectivity index (χ4v) is 4.10. The van der Waals surface area contributed by atoms with Crippen molar-refractivity contribution in [1.82, 2.24) is 10.3 Å². The number of benzene rings is 4. The lowest BCUT2D eigenvalue weighted by molar-refractivity contribution is -0.133. The van der Waals surface area contributed by atoms with Crippen LogP contribution in [0.3, 0.4) is 0 Å². The molecule has 0 bridgehead atoms. The first kappa shape index (κ1) is 27.2. The Morgan fingerprint density at radius 1 is 1.03 bits per heavy atom. The maximum Gasteiger partial charge on any atom is 0.271 e. The van der Waals surface area contributed by atoms with Crippen molar-refractivity contribution >= 4 is 40.4 Å². The summed E-state index contributed by atoms with van der Waals surface area (Å²) >= 11 is 5.87. The van der Waals surface area contributed by atoms with Gasteiger partial charge in [-0.15, -0.1) is 0 Å². The van der Waals surface area contributed by atoms with Crippen molar-refractivity contribution in [2.75, 3.05) is 13.2 Å². The molecule has 0 aliphatic carbocycles. The minimum Gasteiger partial charge on any atom is -0.506 e. The highest BCUT2D eigenvalue weighted by molar-refractivity contribution is 6.32. The SMILES string of the molecule is N#CCCN(Cc1ccccc1)C(=O)COc1ccc(C=NNC(=O)c2ccc(O)c(Cl)c2)c2ccccc12. The van der Waals surface area contributed by atoms with E-state index in [1.54, 1.807) is 17.0 Å². The highest BCUT2D eigenvalue weighted by atomic mass is 35.5. The summed E-state index contributed by atoms with van der Waals surface area (Å²) in [5, 5.41) is 24.3. The fourth-order valence-electron chi connectivity index (χ4n) is 3.92. The molecule has 196 valence electrons. The van der Waals surface area contributed by atoms with Gasteiger partial charge in [0.15, 0.2) is 6.61 Å². The Morgan fingerprint density at radius 2 is 1.77 bits per heavy atom. The molecule has 4 rings (SSSR count). The van der Waals surface area contributed by atoms with Crippen LogP contribution in [0, 0.1) is 11.3 Å². The number of hydrogen-bond donors (Lipinski definition) is 2. The Bertz CT molecular complexity index is 1550. The van der Waals surface area contributed by atoms with Gasteiger partial charge in [-0.1, -0.05) is 66.2 Å². The molecule has 0 atom stereocenters. The van der Waals surface area contributed by atoms with Crippen molar-refractivity contribution in [3.8, 4) is 17.6 Å². The maximum absolute atomic E-state index is 13.0. The van der Waals surface area contributed by atoms with E-state index in [1.165, 1.54) is 24.4 Å². The number of carbonyl (C=O) groups is 2. The molecule has 0 radical (unpaired) electrons. The van der Waals surface area contributed by atoms with E-state index in [4.69, 9.17) is 21.6 Å². The molecule has 0 saturated heterocycles. The number of fused-ring (bicyclic) bond motifs is 1. The predicted octanol–water partition coefficient (Wildman–Crippen LogP) is 5.28. The van der Waals surface area contributed by atoms with Crippen LogP contribution in [0.1, 0.15) is 27.9 Å². The third-order valence-corrected chi connectivity index (χ3v) is 6.21. The standard InChI is InChI=1S/C30H25ClN4O4/c31-26-17-22(11-13-27(26)36)30(38)34-33-18-23-12-14-28(25-10-5-4-9-24(23)25)39-20-29(37)35(16-6-15-32)19-21-7-2-1-3-8-21/h1-5,7-14,17-18,36H,6,16,19-20H2,(H,34,38). The molecule has 0 aliphatic rings. The van der Waals surface area contributed by atoms with Crippen molar-refractivity contribution in [2.45, 2.75) is 13.0 Å². The zero-order valence-corrected chi connectivity index (χ0v) is 21.6. The first-order valence-corrected chi connectivity index (χ1v) is 12.5. The van der Waals surface area contributed by atoms with Gasteiger partial charge in [0.1, 0.15) is 11.5 Å². The van der Waals surface area contributed by atoms with Crippen LogP contribution in [0.4, 0.5) is 0 Å². The van der Waals surface area contributed by atoms with E-state index in [0.29, 0.717) is 18.8 Å². The zero-order valence-electron chi connectivity index (χ0n) is 20.9. The zero-order chi connectivity index (χ0) is 27.6. The van der Waals surface area contributed by atoms with Crippen LogP contribution in [-0.2, 0) is 11.3 Å². The molecule has 2 amide bonds. The second kappa shape index (κ2) is 13.1. The average Bonchev–Trinajstić information content (AvgIpc) is 2.96. The van der Waals surface area contributed by atoms with Crippen molar-refractivity contribution < 1.29 is 19.4 Å². The maximum atomic E-state index is 13.0. The first-order chi connectivity index (χ1) is 19.0. The number of halogens is 1. The van der Waals surface area contributed by atoms with Crippen molar-refractivity contribution in [1.29, 1.82) is 5.26 Å². The summed E-state index contributed by atoms with van der Waals surface area (Å²) in [6.07, 6.45) is 1.74. The lowest BCUT2D eigenvalue weighted by atomic mass is 10.0. The molecule has 0 fully saturated rings. The molecule has 0 heterocycles. The van der Waals surface area contributed by atoms with Gasteiger partial charge in [-0.25, -0.2) is 5.43 Å². The van der Waals surface area contributed by atoms with Gasteiger partial charge in [0.25, 0.3) is 11.8 Å². The molecule has 9 heteroatoms. The molecule has 0 saturated carbocycles. The molecule has 4 aromatic carbocycles. The Labute approximate surface area is 230 Å². The number of ether oxygens (including phenoxy) is 1. The highest BCUT2D eigenvalue weighted by Crippen LogP contribution is 2.28. The van der Waals surface area contributed by atoms with Crippen LogP contribution in [0.2, 0.25) is 5.02 Å². The quantitative estimate of drug-likeness (QED) is 0.210. The highest BCUT2D eigenvalue weighted by Gasteiger charge is 2.16. The van der Waals surface area contributed by atoms with E-state index in [0.717, 1.165) is 21.9 Å². The van der Waals surface area contributed by atoms with Gasteiger partial charge in [-0.3, -0.25) is 9.59 Å². The molecular weight excluding hydrogens is 516 g/mol. The smallest absolute Gasteiger partial charge is 0.271 e. The van der Waals surface area contributed by atoms with Crippen molar-refractivity contribution in [3.05, 3.63) is 107 Å². The number of phenolic OH excluding ortho intramolecular Hbond substituents is 1. The summed E-state index contributed by atoms with van der Waals surface area (Å²) in [5.41, 5.74) is 4.40. The van der Waals surface area contributed by atoms with Gasteiger partial charge in [-0.2, -0.15) is 10.4 Å². The number of phenols is 1. The van der Waals surface area contributed by atoms with E-state index in [-0.39, 0.29) is 35.3 Å². The predicted molar refractivity (Wildman–Crippen MR) is 150 cm³/mol. The number of hydrogen-bond acceptors (Lipinski definition) is 6. The average molecular weight is 541 g/mol. The topological polar surface area (TPSA) is 115 Å². The monoisotopic (exact) mass is 540 g/mol. The van der Waals surface area contributed by atoms with Crippen molar-refractivity contribution in [3.63, 3.8) is 0 Å². The fraction of sp³-hybridized carbons (Fsp3) is 0.133. The molecule has 0 aliphatic heterocycles. The van der Waals surface area contributed by atoms with Gasteiger partial charge in [0.2, 0.25) is 0 Å².